The molecule has 438 valence electrons. The molecule has 8 amide bonds. The normalized spacial score (nSPS) is 13.6. The zero-order valence-corrected chi connectivity index (χ0v) is 49.1. The van der Waals surface area contributed by atoms with Gasteiger partial charge in [-0.1, -0.05) is 12.1 Å². The monoisotopic (exact) mass is 1150 g/mol. The van der Waals surface area contributed by atoms with Crippen molar-refractivity contribution in [3.63, 3.8) is 0 Å². The molecule has 80 heavy (non-hydrogen) atoms. The van der Waals surface area contributed by atoms with Crippen LogP contribution in [0.25, 0.3) is 11.1 Å². The van der Waals surface area contributed by atoms with Gasteiger partial charge in [0.15, 0.2) is 10.3 Å². The highest BCUT2D eigenvalue weighted by molar-refractivity contribution is 7.15. The Morgan fingerprint density at radius 2 is 0.787 bits per heavy atom. The number of alkyl carbamates (subject to hydrolysis) is 2. The van der Waals surface area contributed by atoms with Crippen LogP contribution in [0.3, 0.4) is 0 Å². The summed E-state index contributed by atoms with van der Waals surface area (Å²) in [6.07, 6.45) is 3.86. The molecular weight excluding hydrogens is 1070 g/mol. The zero-order chi connectivity index (χ0) is 59.5. The molecule has 2 aromatic carbocycles. The van der Waals surface area contributed by atoms with Crippen LogP contribution in [0.1, 0.15) is 117 Å². The molecular formula is C54H78N12O12S2. The minimum atomic E-state index is -0.981. The Balaban J connectivity index is 1.16. The number of carbonyl (C=O) groups is 8. The largest absolute Gasteiger partial charge is 0.508 e. The van der Waals surface area contributed by atoms with E-state index in [1.54, 1.807) is 66.1 Å². The number of hydrogen-bond donors (Lipinski definition) is 12. The van der Waals surface area contributed by atoms with Gasteiger partial charge in [0.2, 0.25) is 35.4 Å². The van der Waals surface area contributed by atoms with E-state index in [0.29, 0.717) is 73.3 Å². The van der Waals surface area contributed by atoms with Gasteiger partial charge in [-0.15, -0.1) is 22.7 Å². The number of rotatable bonds is 27. The number of amides is 8. The highest BCUT2D eigenvalue weighted by atomic mass is 32.1. The topological polar surface area (TPSA) is 342 Å². The minimum absolute atomic E-state index is 0.126. The van der Waals surface area contributed by atoms with E-state index in [1.165, 1.54) is 64.2 Å². The summed E-state index contributed by atoms with van der Waals surface area (Å²) < 4.78 is 10.3. The van der Waals surface area contributed by atoms with Gasteiger partial charge in [-0.2, -0.15) is 0 Å². The predicted molar refractivity (Wildman–Crippen MR) is 305 cm³/mol. The number of carbonyl (C=O) groups excluding carboxylic acids is 8. The van der Waals surface area contributed by atoms with E-state index < -0.39 is 95.1 Å². The average Bonchev–Trinajstić information content (AvgIpc) is 4.02. The van der Waals surface area contributed by atoms with Gasteiger partial charge in [-0.3, -0.25) is 28.8 Å². The van der Waals surface area contributed by atoms with Gasteiger partial charge < -0.3 is 72.9 Å². The standard InChI is InChI=1S/C54H78N12O12S2/c1-29(61-45(71)31(3)63-47(73)33(5)65-51(75)77-53(7,8)9)43(69)55-19-13-21-57-49-59-27-39(79-49)25-37-23-35(15-17-41(37)67)36-16-18-42(68)38(24-36)26-40-28-60-50(80-40)58-22-14-20-56-44(70)30(2)62-46(72)32(4)64-48(74)34(6)66-52(76)78-54(10,11)12/h15-18,23-24,27-34,67-68H,13-14,19-22,25-26H2,1-12H3,(H,55,69)(H,56,70)(H,57,59)(H,58,60)(H,61,71)(H,62,72)(H,63,73)(H,64,74)(H,65,75)(H,66,76)/t29-,30-,31-,32-,33-,34-/m0/s1. The van der Waals surface area contributed by atoms with Gasteiger partial charge in [0, 0.05) is 61.2 Å². The number of nitrogens with one attached hydrogen (secondary N) is 10. The first kappa shape index (κ1) is 64.8. The molecule has 4 rings (SSSR count). The third-order valence-corrected chi connectivity index (χ3v) is 13.4. The third kappa shape index (κ3) is 22.5. The fraction of sp³-hybridized carbons (Fsp3) is 0.519. The molecule has 2 heterocycles. The van der Waals surface area contributed by atoms with Crippen molar-refractivity contribution in [2.75, 3.05) is 36.8 Å². The molecule has 24 nitrogen and oxygen atoms in total. The first-order chi connectivity index (χ1) is 37.5. The lowest BCUT2D eigenvalue weighted by atomic mass is 9.97. The number of ether oxygens (including phenoxy) is 2. The van der Waals surface area contributed by atoms with Crippen molar-refractivity contribution in [1.29, 1.82) is 0 Å². The lowest BCUT2D eigenvalue weighted by Crippen LogP contribution is -2.54. The average molecular weight is 1150 g/mol. The van der Waals surface area contributed by atoms with Crippen LogP contribution in [0, 0.1) is 0 Å². The number of aromatic nitrogens is 2. The molecule has 0 saturated carbocycles. The highest BCUT2D eigenvalue weighted by Gasteiger charge is 2.27. The number of anilines is 2. The highest BCUT2D eigenvalue weighted by Crippen LogP contribution is 2.33. The molecule has 0 spiro atoms. The second-order valence-electron chi connectivity index (χ2n) is 21.1. The quantitative estimate of drug-likeness (QED) is 0.0365. The molecule has 0 aliphatic heterocycles. The van der Waals surface area contributed by atoms with E-state index in [9.17, 15) is 48.6 Å². The van der Waals surface area contributed by atoms with Gasteiger partial charge in [0.1, 0.15) is 59.0 Å². The van der Waals surface area contributed by atoms with Crippen molar-refractivity contribution in [3.05, 3.63) is 69.7 Å². The summed E-state index contributed by atoms with van der Waals surface area (Å²) in [4.78, 5) is 111. The van der Waals surface area contributed by atoms with Crippen LogP contribution in [0.2, 0.25) is 0 Å². The summed E-state index contributed by atoms with van der Waals surface area (Å²) in [5.41, 5.74) is 1.57. The van der Waals surface area contributed by atoms with Gasteiger partial charge in [-0.25, -0.2) is 19.6 Å². The second-order valence-corrected chi connectivity index (χ2v) is 23.3. The predicted octanol–water partition coefficient (Wildman–Crippen LogP) is 4.54. The van der Waals surface area contributed by atoms with Crippen molar-refractivity contribution in [1.82, 2.24) is 52.5 Å². The third-order valence-electron chi connectivity index (χ3n) is 11.4. The van der Waals surface area contributed by atoms with Crippen molar-refractivity contribution in [2.24, 2.45) is 0 Å². The number of nitrogens with zero attached hydrogens (tertiary/aromatic N) is 2. The number of benzene rings is 2. The number of thiazole rings is 2. The Hall–Kier alpha value is -7.74. The molecule has 0 aliphatic carbocycles. The van der Waals surface area contributed by atoms with E-state index in [-0.39, 0.29) is 11.5 Å². The molecule has 4 aromatic rings. The van der Waals surface area contributed by atoms with Crippen molar-refractivity contribution >= 4 is 80.6 Å². The van der Waals surface area contributed by atoms with Crippen molar-refractivity contribution in [3.8, 4) is 22.6 Å². The summed E-state index contributed by atoms with van der Waals surface area (Å²) in [7, 11) is 0. The Morgan fingerprint density at radius 3 is 1.11 bits per heavy atom. The van der Waals surface area contributed by atoms with Gasteiger partial charge in [-0.05, 0) is 142 Å². The SMILES string of the molecule is C[C@H](NC(=O)OC(C)(C)C)C(=O)N[C@@H](C)C(=O)N[C@@H](C)C(=O)NCCCNc1ncc(Cc2cc(-c3ccc(O)c(Cc4cnc(NCCCNC(=O)[C@H](C)NC(=O)[C@H](C)NC(=O)[C@H](C)NC(=O)OC(C)(C)C)s4)c3)ccc2O)s1. The Bertz CT molecular complexity index is 2610. The molecule has 0 bridgehead atoms. The fourth-order valence-electron chi connectivity index (χ4n) is 7.14. The molecule has 0 saturated heterocycles. The van der Waals surface area contributed by atoms with E-state index in [4.69, 9.17) is 9.47 Å². The molecule has 0 aliphatic rings. The summed E-state index contributed by atoms with van der Waals surface area (Å²) >= 11 is 2.87. The van der Waals surface area contributed by atoms with Crippen molar-refractivity contribution < 1.29 is 58.0 Å². The molecule has 0 unspecified atom stereocenters. The Kier molecular flexibility index (Phi) is 24.3. The minimum Gasteiger partial charge on any atom is -0.508 e. The summed E-state index contributed by atoms with van der Waals surface area (Å²) in [6, 6.07) is 5.06. The number of phenolic OH excluding ortho intramolecular Hbond substituents is 2. The van der Waals surface area contributed by atoms with Gasteiger partial charge in [0.05, 0.1) is 0 Å². The molecule has 26 heteroatoms. The first-order valence-electron chi connectivity index (χ1n) is 26.2. The van der Waals surface area contributed by atoms with E-state index >= 15 is 0 Å². The van der Waals surface area contributed by atoms with Crippen LogP contribution in [0.4, 0.5) is 19.9 Å². The molecule has 0 fully saturated rings. The van der Waals surface area contributed by atoms with Crippen LogP contribution in [0.15, 0.2) is 48.8 Å². The summed E-state index contributed by atoms with van der Waals surface area (Å²) in [6.45, 7) is 20.7. The lowest BCUT2D eigenvalue weighted by molar-refractivity contribution is -0.131. The molecule has 0 radical (unpaired) electrons. The Morgan fingerprint density at radius 1 is 0.475 bits per heavy atom. The maximum atomic E-state index is 12.7. The first-order valence-corrected chi connectivity index (χ1v) is 27.9. The van der Waals surface area contributed by atoms with E-state index in [1.807, 2.05) is 24.3 Å². The second kappa shape index (κ2) is 30.0. The lowest BCUT2D eigenvalue weighted by Gasteiger charge is -2.23. The van der Waals surface area contributed by atoms with E-state index in [2.05, 4.69) is 63.1 Å². The zero-order valence-electron chi connectivity index (χ0n) is 47.4. The van der Waals surface area contributed by atoms with Gasteiger partial charge >= 0.3 is 12.2 Å². The van der Waals surface area contributed by atoms with Crippen LogP contribution in [-0.2, 0) is 51.1 Å². The smallest absolute Gasteiger partial charge is 0.408 e. The summed E-state index contributed by atoms with van der Waals surface area (Å²) in [5.74, 6) is -2.90. The van der Waals surface area contributed by atoms with E-state index in [0.717, 1.165) is 20.9 Å². The molecule has 6 atom stereocenters. The molecule has 12 N–H and O–H groups in total. The van der Waals surface area contributed by atoms with Crippen molar-refractivity contribution in [2.45, 2.75) is 156 Å². The maximum absolute atomic E-state index is 12.7. The summed E-state index contributed by atoms with van der Waals surface area (Å²) in [5, 5.41) is 50.1. The van der Waals surface area contributed by atoms with Crippen LogP contribution in [-0.4, -0.2) is 141 Å². The van der Waals surface area contributed by atoms with Gasteiger partial charge in [0.25, 0.3) is 0 Å². The van der Waals surface area contributed by atoms with Crippen LogP contribution < -0.4 is 53.2 Å². The van der Waals surface area contributed by atoms with Crippen LogP contribution in [0.5, 0.6) is 11.5 Å². The number of aromatic hydroxyl groups is 2. The maximum Gasteiger partial charge on any atom is 0.408 e. The molecule has 2 aromatic heterocycles. The number of phenols is 2. The fourth-order valence-corrected chi connectivity index (χ4v) is 8.87. The Labute approximate surface area is 474 Å². The number of hydrogen-bond acceptors (Lipinski definition) is 18. The van der Waals surface area contributed by atoms with Crippen LogP contribution >= 0.6 is 22.7 Å².